The Bertz CT molecular complexity index is 570. The molecule has 2 aliphatic rings. The van der Waals surface area contributed by atoms with E-state index in [1.54, 1.807) is 0 Å². The zero-order valence-corrected chi connectivity index (χ0v) is 20.4. The highest BCUT2D eigenvalue weighted by Gasteiger charge is 2.49. The molecule has 30 heavy (non-hydrogen) atoms. The van der Waals surface area contributed by atoms with Crippen molar-refractivity contribution in [2.24, 2.45) is 11.8 Å². The molecule has 4 N–H and O–H groups in total. The van der Waals surface area contributed by atoms with Crippen LogP contribution in [-0.4, -0.2) is 86.4 Å². The summed E-state index contributed by atoms with van der Waals surface area (Å²) < 4.78 is 5.91. The molecule has 0 aromatic carbocycles. The highest BCUT2D eigenvalue weighted by molar-refractivity contribution is 8.01. The summed E-state index contributed by atoms with van der Waals surface area (Å²) in [6.07, 6.45) is -1.55. The highest BCUT2D eigenvalue weighted by Crippen LogP contribution is 2.37. The third-order valence-corrected chi connectivity index (χ3v) is 7.42. The number of carbonyl (C=O) groups is 1. The summed E-state index contributed by atoms with van der Waals surface area (Å²) in [4.78, 5) is 15.2. The van der Waals surface area contributed by atoms with Crippen molar-refractivity contribution in [2.45, 2.75) is 107 Å². The second-order valence-corrected chi connectivity index (χ2v) is 12.2. The molecule has 8 unspecified atom stereocenters. The van der Waals surface area contributed by atoms with Gasteiger partial charge in [-0.15, -0.1) is 11.8 Å². The zero-order chi connectivity index (χ0) is 22.8. The second kappa shape index (κ2) is 10.5. The number of rotatable bonds is 7. The molecule has 8 heteroatoms. The minimum absolute atomic E-state index is 0.0190. The molecule has 0 spiro atoms. The van der Waals surface area contributed by atoms with E-state index in [1.165, 1.54) is 11.8 Å². The maximum atomic E-state index is 13.1. The van der Waals surface area contributed by atoms with Crippen LogP contribution in [0.3, 0.4) is 0 Å². The van der Waals surface area contributed by atoms with Crippen molar-refractivity contribution in [2.75, 3.05) is 13.6 Å². The standard InChI is InChI=1S/C22H42N2O5S/c1-8-9-13-10-14(24(7)11-13)20(28)23-15(12(2)3)19-17(26)16(25)18(27)21(29-19)30-22(4,5)6/h12-19,21,25-27H,8-11H2,1-7H3,(H,23,28). The fraction of sp³-hybridized carbons (Fsp3) is 0.955. The number of hydrogen-bond donors (Lipinski definition) is 4. The van der Waals surface area contributed by atoms with Gasteiger partial charge in [0.1, 0.15) is 29.9 Å². The Morgan fingerprint density at radius 2 is 1.83 bits per heavy atom. The lowest BCUT2D eigenvalue weighted by Gasteiger charge is -2.46. The fourth-order valence-electron chi connectivity index (χ4n) is 4.53. The minimum atomic E-state index is -1.33. The first kappa shape index (κ1) is 25.9. The van der Waals surface area contributed by atoms with Crippen LogP contribution in [0.4, 0.5) is 0 Å². The third-order valence-electron chi connectivity index (χ3n) is 6.09. The number of nitrogens with one attached hydrogen (secondary N) is 1. The molecule has 2 fully saturated rings. The van der Waals surface area contributed by atoms with Gasteiger partial charge in [0.25, 0.3) is 0 Å². The lowest BCUT2D eigenvalue weighted by atomic mass is 9.88. The van der Waals surface area contributed by atoms with Crippen molar-refractivity contribution in [3.05, 3.63) is 0 Å². The van der Waals surface area contributed by atoms with Gasteiger partial charge in [0, 0.05) is 11.3 Å². The van der Waals surface area contributed by atoms with Crippen LogP contribution in [0.5, 0.6) is 0 Å². The number of carbonyl (C=O) groups excluding carboxylic acids is 1. The Kier molecular flexibility index (Phi) is 9.05. The lowest BCUT2D eigenvalue weighted by molar-refractivity contribution is -0.208. The summed E-state index contributed by atoms with van der Waals surface area (Å²) >= 11 is 1.41. The molecule has 0 radical (unpaired) electrons. The SMILES string of the molecule is CCCC1CC(C(=O)NC(C(C)C)C2OC(SC(C)(C)C)C(O)C(O)C2O)N(C)C1. The number of aliphatic hydroxyl groups excluding tert-OH is 3. The van der Waals surface area contributed by atoms with Crippen LogP contribution < -0.4 is 5.32 Å². The van der Waals surface area contributed by atoms with E-state index in [1.807, 2.05) is 41.7 Å². The van der Waals surface area contributed by atoms with Crippen molar-refractivity contribution >= 4 is 17.7 Å². The van der Waals surface area contributed by atoms with E-state index < -0.39 is 35.9 Å². The number of thioether (sulfide) groups is 1. The van der Waals surface area contributed by atoms with E-state index in [0.717, 1.165) is 25.8 Å². The first-order valence-electron chi connectivity index (χ1n) is 11.2. The van der Waals surface area contributed by atoms with Crippen LogP contribution in [-0.2, 0) is 9.53 Å². The van der Waals surface area contributed by atoms with Crippen LogP contribution in [0.15, 0.2) is 0 Å². The van der Waals surface area contributed by atoms with Crippen molar-refractivity contribution in [1.29, 1.82) is 0 Å². The van der Waals surface area contributed by atoms with Gasteiger partial charge in [-0.25, -0.2) is 0 Å². The van der Waals surface area contributed by atoms with Crippen molar-refractivity contribution in [3.63, 3.8) is 0 Å². The van der Waals surface area contributed by atoms with E-state index in [9.17, 15) is 20.1 Å². The Morgan fingerprint density at radius 3 is 2.37 bits per heavy atom. The molecule has 0 aromatic rings. The summed E-state index contributed by atoms with van der Waals surface area (Å²) in [6, 6.07) is -0.671. The number of likely N-dealkylation sites (tertiary alicyclic amines) is 1. The van der Waals surface area contributed by atoms with Crippen LogP contribution in [0, 0.1) is 11.8 Å². The maximum absolute atomic E-state index is 13.1. The first-order valence-corrected chi connectivity index (χ1v) is 12.1. The average Bonchev–Trinajstić information content (AvgIpc) is 3.00. The molecule has 8 atom stereocenters. The summed E-state index contributed by atoms with van der Waals surface area (Å²) in [5, 5.41) is 34.7. The van der Waals surface area contributed by atoms with Gasteiger partial charge in [0.05, 0.1) is 12.1 Å². The van der Waals surface area contributed by atoms with Crippen LogP contribution >= 0.6 is 11.8 Å². The molecule has 2 saturated heterocycles. The Balaban J connectivity index is 2.14. The van der Waals surface area contributed by atoms with Gasteiger partial charge in [-0.1, -0.05) is 48.0 Å². The molecule has 0 saturated carbocycles. The summed E-state index contributed by atoms with van der Waals surface area (Å²) in [7, 11) is 1.98. The van der Waals surface area contributed by atoms with E-state index in [-0.39, 0.29) is 22.6 Å². The average molecular weight is 447 g/mol. The molecule has 2 aliphatic heterocycles. The largest absolute Gasteiger partial charge is 0.388 e. The van der Waals surface area contributed by atoms with Gasteiger partial charge < -0.3 is 25.4 Å². The number of ether oxygens (including phenoxy) is 1. The Labute approximate surface area is 185 Å². The number of hydrogen-bond acceptors (Lipinski definition) is 7. The normalized spacial score (nSPS) is 36.8. The zero-order valence-electron chi connectivity index (χ0n) is 19.5. The van der Waals surface area contributed by atoms with Crippen LogP contribution in [0.2, 0.25) is 0 Å². The van der Waals surface area contributed by atoms with Gasteiger partial charge in [-0.05, 0) is 31.7 Å². The molecule has 176 valence electrons. The summed E-state index contributed by atoms with van der Waals surface area (Å²) in [5.41, 5.74) is -0.686. The molecule has 2 rings (SSSR count). The van der Waals surface area contributed by atoms with Crippen molar-refractivity contribution in [3.8, 4) is 0 Å². The molecule has 2 heterocycles. The predicted molar refractivity (Wildman–Crippen MR) is 120 cm³/mol. The molecule has 1 amide bonds. The molecule has 0 bridgehead atoms. The number of nitrogens with zero attached hydrogens (tertiary/aromatic N) is 1. The van der Waals surface area contributed by atoms with E-state index >= 15 is 0 Å². The van der Waals surface area contributed by atoms with Crippen molar-refractivity contribution in [1.82, 2.24) is 10.2 Å². The van der Waals surface area contributed by atoms with Gasteiger partial charge >= 0.3 is 0 Å². The summed E-state index contributed by atoms with van der Waals surface area (Å²) in [6.45, 7) is 13.0. The van der Waals surface area contributed by atoms with Gasteiger partial charge in [0.15, 0.2) is 0 Å². The molecule has 7 nitrogen and oxygen atoms in total. The number of likely N-dealkylation sites (N-methyl/N-ethyl adjacent to an activating group) is 1. The van der Waals surface area contributed by atoms with Crippen LogP contribution in [0.1, 0.15) is 60.8 Å². The van der Waals surface area contributed by atoms with E-state index in [4.69, 9.17) is 4.74 Å². The minimum Gasteiger partial charge on any atom is -0.388 e. The second-order valence-electron chi connectivity index (χ2n) is 10.3. The van der Waals surface area contributed by atoms with Gasteiger partial charge in [0.2, 0.25) is 5.91 Å². The smallest absolute Gasteiger partial charge is 0.237 e. The van der Waals surface area contributed by atoms with Gasteiger partial charge in [-0.2, -0.15) is 0 Å². The Hall–Kier alpha value is -0.380. The lowest BCUT2D eigenvalue weighted by Crippen LogP contribution is -2.64. The number of amides is 1. The maximum Gasteiger partial charge on any atom is 0.237 e. The monoisotopic (exact) mass is 446 g/mol. The third kappa shape index (κ3) is 6.33. The quantitative estimate of drug-likeness (QED) is 0.471. The molecule has 0 aliphatic carbocycles. The molecule has 0 aromatic heterocycles. The van der Waals surface area contributed by atoms with Gasteiger partial charge in [-0.3, -0.25) is 9.69 Å². The topological polar surface area (TPSA) is 102 Å². The van der Waals surface area contributed by atoms with Crippen LogP contribution in [0.25, 0.3) is 0 Å². The predicted octanol–water partition coefficient (Wildman–Crippen LogP) is 1.59. The fourth-order valence-corrected chi connectivity index (χ4v) is 5.72. The molecular formula is C22H42N2O5S. The van der Waals surface area contributed by atoms with E-state index in [2.05, 4.69) is 17.1 Å². The van der Waals surface area contributed by atoms with E-state index in [0.29, 0.717) is 5.92 Å². The first-order chi connectivity index (χ1) is 13.9. The van der Waals surface area contributed by atoms with Crippen molar-refractivity contribution < 1.29 is 24.9 Å². The summed E-state index contributed by atoms with van der Waals surface area (Å²) in [5.74, 6) is 0.440. The molecular weight excluding hydrogens is 404 g/mol. The number of aliphatic hydroxyl groups is 3. The highest BCUT2D eigenvalue weighted by atomic mass is 32.2. The Morgan fingerprint density at radius 1 is 1.20 bits per heavy atom.